The Morgan fingerprint density at radius 2 is 2.06 bits per heavy atom. The first-order valence-electron chi connectivity index (χ1n) is 11.7. The zero-order valence-corrected chi connectivity index (χ0v) is 19.6. The first-order valence-corrected chi connectivity index (χ1v) is 11.7. The largest absolute Gasteiger partial charge is 0.483 e. The van der Waals surface area contributed by atoms with Gasteiger partial charge in [0.05, 0.1) is 13.0 Å². The van der Waals surface area contributed by atoms with Crippen molar-refractivity contribution < 1.29 is 19.8 Å². The van der Waals surface area contributed by atoms with E-state index in [1.165, 1.54) is 0 Å². The normalized spacial score (nSPS) is 22.6. The van der Waals surface area contributed by atoms with Gasteiger partial charge in [-0.2, -0.15) is 5.10 Å². The molecule has 2 aliphatic heterocycles. The van der Waals surface area contributed by atoms with Crippen molar-refractivity contribution in [3.05, 3.63) is 54.0 Å². The molecule has 2 atom stereocenters. The molecule has 3 aromatic rings. The Bertz CT molecular complexity index is 1110. The number of piperidine rings is 2. The number of nitrogens with zero attached hydrogens (tertiary/aromatic N) is 4. The number of carboxylic acid groups (broad SMARTS) is 1. The van der Waals surface area contributed by atoms with Crippen LogP contribution in [0, 0.1) is 5.41 Å². The molecule has 0 aliphatic carbocycles. The number of aromatic amines is 1. The lowest BCUT2D eigenvalue weighted by Crippen LogP contribution is -2.63. The van der Waals surface area contributed by atoms with Crippen LogP contribution < -0.4 is 0 Å². The molecule has 9 heteroatoms. The maximum absolute atomic E-state index is 13.3. The Labute approximate surface area is 199 Å². The quantitative estimate of drug-likeness (QED) is 0.495. The number of aryl methyl sites for hydroxylation is 1. The van der Waals surface area contributed by atoms with Crippen LogP contribution in [-0.2, 0) is 29.6 Å². The van der Waals surface area contributed by atoms with Crippen molar-refractivity contribution >= 4 is 23.3 Å². The maximum Gasteiger partial charge on any atom is 0.290 e. The fourth-order valence-electron chi connectivity index (χ4n) is 5.71. The number of carbonyl (C=O) groups excluding carboxylic acids is 1. The Hall–Kier alpha value is -3.17. The third-order valence-electron chi connectivity index (χ3n) is 7.46. The summed E-state index contributed by atoms with van der Waals surface area (Å²) in [6.45, 7) is 3.09. The summed E-state index contributed by atoms with van der Waals surface area (Å²) in [5.41, 5.74) is 3.20. The van der Waals surface area contributed by atoms with Gasteiger partial charge in [-0.05, 0) is 43.5 Å². The van der Waals surface area contributed by atoms with Gasteiger partial charge < -0.3 is 19.7 Å². The molecule has 0 saturated carbocycles. The number of para-hydroxylation sites is 1. The highest BCUT2D eigenvalue weighted by atomic mass is 16.3. The van der Waals surface area contributed by atoms with Gasteiger partial charge in [-0.1, -0.05) is 18.2 Å². The van der Waals surface area contributed by atoms with Crippen LogP contribution in [-0.4, -0.2) is 79.4 Å². The minimum atomic E-state index is -0.250. The second-order valence-corrected chi connectivity index (χ2v) is 9.35. The molecule has 9 nitrogen and oxygen atoms in total. The predicted octanol–water partition coefficient (Wildman–Crippen LogP) is 2.02. The molecule has 2 aromatic heterocycles. The lowest BCUT2D eigenvalue weighted by Gasteiger charge is -2.54. The standard InChI is InChI=1S/C24H31N5O2.CH2O2/c1-27-14-18(20-5-2-3-6-21(20)27)13-23(31)29-12-9-24(17-30)8-4-11-28(22(24)16-29)15-19-7-10-25-26-19;2-1-3/h2-3,5-7,10,14,22,30H,4,8-9,11-13,15-17H2,1H3,(H,25,26);1H,(H,2,3)/t22-,24-;/m0./s1. The highest BCUT2D eigenvalue weighted by Crippen LogP contribution is 2.42. The number of hydrogen-bond donors (Lipinski definition) is 3. The molecule has 0 unspecified atom stereocenters. The smallest absolute Gasteiger partial charge is 0.290 e. The van der Waals surface area contributed by atoms with Crippen molar-refractivity contribution in [1.29, 1.82) is 0 Å². The number of likely N-dealkylation sites (tertiary alicyclic amines) is 2. The molecule has 4 heterocycles. The lowest BCUT2D eigenvalue weighted by atomic mass is 9.69. The minimum absolute atomic E-state index is 0.117. The van der Waals surface area contributed by atoms with Crippen molar-refractivity contribution in [3.8, 4) is 0 Å². The molecular weight excluding hydrogens is 434 g/mol. The number of fused-ring (bicyclic) bond motifs is 2. The Balaban J connectivity index is 0.000000868. The van der Waals surface area contributed by atoms with Gasteiger partial charge in [-0.15, -0.1) is 0 Å². The van der Waals surface area contributed by atoms with E-state index in [9.17, 15) is 9.90 Å². The van der Waals surface area contributed by atoms with Crippen molar-refractivity contribution in [3.63, 3.8) is 0 Å². The number of aromatic nitrogens is 3. The van der Waals surface area contributed by atoms with Crippen molar-refractivity contribution in [1.82, 2.24) is 24.6 Å². The number of H-pyrrole nitrogens is 1. The topological polar surface area (TPSA) is 115 Å². The van der Waals surface area contributed by atoms with E-state index in [0.717, 1.165) is 61.1 Å². The predicted molar refractivity (Wildman–Crippen MR) is 128 cm³/mol. The number of carbonyl (C=O) groups is 2. The first-order chi connectivity index (χ1) is 16.5. The van der Waals surface area contributed by atoms with E-state index in [4.69, 9.17) is 9.90 Å². The lowest BCUT2D eigenvalue weighted by molar-refractivity contribution is -0.140. The molecule has 182 valence electrons. The minimum Gasteiger partial charge on any atom is -0.483 e. The van der Waals surface area contributed by atoms with Crippen LogP contribution in [0.4, 0.5) is 0 Å². The molecule has 1 amide bonds. The monoisotopic (exact) mass is 467 g/mol. The molecule has 2 saturated heterocycles. The summed E-state index contributed by atoms with van der Waals surface area (Å²) in [4.78, 5) is 26.1. The van der Waals surface area contributed by atoms with Gasteiger partial charge in [-0.3, -0.25) is 19.6 Å². The highest BCUT2D eigenvalue weighted by Gasteiger charge is 2.48. The van der Waals surface area contributed by atoms with E-state index >= 15 is 0 Å². The van der Waals surface area contributed by atoms with Gasteiger partial charge in [0.1, 0.15) is 0 Å². The zero-order chi connectivity index (χ0) is 24.1. The summed E-state index contributed by atoms with van der Waals surface area (Å²) in [6, 6.07) is 10.4. The third-order valence-corrected chi connectivity index (χ3v) is 7.46. The molecule has 2 aliphatic rings. The van der Waals surface area contributed by atoms with Gasteiger partial charge >= 0.3 is 0 Å². The van der Waals surface area contributed by atoms with E-state index < -0.39 is 0 Å². The molecule has 2 fully saturated rings. The maximum atomic E-state index is 13.3. The molecule has 5 rings (SSSR count). The van der Waals surface area contributed by atoms with Crippen LogP contribution in [0.15, 0.2) is 42.7 Å². The van der Waals surface area contributed by atoms with E-state index in [1.807, 2.05) is 30.1 Å². The van der Waals surface area contributed by atoms with Crippen LogP contribution in [0.1, 0.15) is 30.5 Å². The molecule has 34 heavy (non-hydrogen) atoms. The Kier molecular flexibility index (Phi) is 7.33. The summed E-state index contributed by atoms with van der Waals surface area (Å²) in [6.07, 6.45) is 7.24. The third kappa shape index (κ3) is 4.71. The van der Waals surface area contributed by atoms with Gasteiger partial charge in [-0.25, -0.2) is 0 Å². The average Bonchev–Trinajstić information content (AvgIpc) is 3.47. The number of rotatable bonds is 5. The number of hydrogen-bond acceptors (Lipinski definition) is 5. The van der Waals surface area contributed by atoms with Crippen molar-refractivity contribution in [2.45, 2.75) is 38.3 Å². The van der Waals surface area contributed by atoms with Crippen molar-refractivity contribution in [2.75, 3.05) is 26.2 Å². The van der Waals surface area contributed by atoms with Crippen LogP contribution in [0.2, 0.25) is 0 Å². The van der Waals surface area contributed by atoms with Crippen LogP contribution in [0.25, 0.3) is 10.9 Å². The second-order valence-electron chi connectivity index (χ2n) is 9.35. The number of nitrogens with one attached hydrogen (secondary N) is 1. The van der Waals surface area contributed by atoms with E-state index in [0.29, 0.717) is 13.0 Å². The number of aliphatic hydroxyl groups is 1. The van der Waals surface area contributed by atoms with Crippen LogP contribution in [0.3, 0.4) is 0 Å². The van der Waals surface area contributed by atoms with Gasteiger partial charge in [0.25, 0.3) is 6.47 Å². The highest BCUT2D eigenvalue weighted by molar-refractivity contribution is 5.89. The molecule has 0 radical (unpaired) electrons. The molecule has 1 aromatic carbocycles. The Morgan fingerprint density at radius 3 is 2.79 bits per heavy atom. The fraction of sp³-hybridized carbons (Fsp3) is 0.480. The number of benzene rings is 1. The second kappa shape index (κ2) is 10.4. The van der Waals surface area contributed by atoms with E-state index in [2.05, 4.69) is 38.0 Å². The molecule has 0 bridgehead atoms. The summed E-state index contributed by atoms with van der Waals surface area (Å²) in [5.74, 6) is 0.176. The fourth-order valence-corrected chi connectivity index (χ4v) is 5.71. The number of amides is 1. The molecular formula is C25H33N5O4. The van der Waals surface area contributed by atoms with Gasteiger partial charge in [0.15, 0.2) is 0 Å². The van der Waals surface area contributed by atoms with Crippen molar-refractivity contribution in [2.24, 2.45) is 12.5 Å². The zero-order valence-electron chi connectivity index (χ0n) is 19.6. The first kappa shape index (κ1) is 24.0. The Morgan fingerprint density at radius 1 is 1.26 bits per heavy atom. The van der Waals surface area contributed by atoms with E-state index in [1.54, 1.807) is 6.20 Å². The molecule has 3 N–H and O–H groups in total. The molecule has 0 spiro atoms. The summed E-state index contributed by atoms with van der Waals surface area (Å²) < 4.78 is 2.10. The van der Waals surface area contributed by atoms with Crippen LogP contribution >= 0.6 is 0 Å². The number of aliphatic hydroxyl groups excluding tert-OH is 1. The van der Waals surface area contributed by atoms with E-state index in [-0.39, 0.29) is 30.4 Å². The SMILES string of the molecule is Cn1cc(CC(=O)N2CC[C@]3(CO)CCCN(Cc4ccn[nH]4)[C@H]3C2)c2ccccc21.O=CO. The van der Waals surface area contributed by atoms with Gasteiger partial charge in [0.2, 0.25) is 5.91 Å². The average molecular weight is 468 g/mol. The van der Waals surface area contributed by atoms with Gasteiger partial charge in [0, 0.05) is 67.1 Å². The van der Waals surface area contributed by atoms with Crippen LogP contribution in [0.5, 0.6) is 0 Å². The summed E-state index contributed by atoms with van der Waals surface area (Å²) in [7, 11) is 2.03. The summed E-state index contributed by atoms with van der Waals surface area (Å²) >= 11 is 0. The summed E-state index contributed by atoms with van der Waals surface area (Å²) in [5, 5.41) is 25.5.